The van der Waals surface area contributed by atoms with Crippen LogP contribution in [0.5, 0.6) is 0 Å². The van der Waals surface area contributed by atoms with Crippen molar-refractivity contribution in [2.45, 2.75) is 46.5 Å². The van der Waals surface area contributed by atoms with Crippen LogP contribution >= 0.6 is 34.3 Å². The molecular weight excluding hydrogens is 848 g/mol. The van der Waals surface area contributed by atoms with Gasteiger partial charge in [-0.3, -0.25) is 24.7 Å². The summed E-state index contributed by atoms with van der Waals surface area (Å²) in [7, 11) is 0. The fourth-order valence-electron chi connectivity index (χ4n) is 5.68. The Kier molecular flexibility index (Phi) is 18.9. The van der Waals surface area contributed by atoms with Crippen LogP contribution in [0.3, 0.4) is 0 Å². The summed E-state index contributed by atoms with van der Waals surface area (Å²) in [6, 6.07) is 31.0. The van der Waals surface area contributed by atoms with Crippen LogP contribution in [-0.2, 0) is 25.7 Å². The molecule has 0 spiro atoms. The Morgan fingerprint density at radius 3 is 1.63 bits per heavy atom. The van der Waals surface area contributed by atoms with Crippen molar-refractivity contribution in [3.8, 4) is 23.0 Å². The van der Waals surface area contributed by atoms with E-state index in [1.165, 1.54) is 71.3 Å². The summed E-state index contributed by atoms with van der Waals surface area (Å²) in [6.45, 7) is 10.1. The summed E-state index contributed by atoms with van der Waals surface area (Å²) in [4.78, 5) is 44.1. The number of rotatable bonds is 13. The predicted octanol–water partition coefficient (Wildman–Crippen LogP) is 10.3. The number of nitrogens with one attached hydrogen (secondary N) is 1. The third-order valence-corrected chi connectivity index (χ3v) is 11.1. The summed E-state index contributed by atoms with van der Waals surface area (Å²) in [5.74, 6) is 1.66. The molecule has 6 heterocycles. The lowest BCUT2D eigenvalue weighted by atomic mass is 10.1. The molecule has 0 fully saturated rings. The Labute approximate surface area is 372 Å². The highest BCUT2D eigenvalue weighted by Gasteiger charge is 2.20. The van der Waals surface area contributed by atoms with E-state index in [0.717, 1.165) is 35.5 Å². The molecule has 8 rings (SSSR count). The van der Waals surface area contributed by atoms with E-state index in [9.17, 15) is 18.4 Å². The largest absolute Gasteiger partial charge is 0.304 e. The van der Waals surface area contributed by atoms with Gasteiger partial charge in [-0.15, -0.1) is 27.8 Å². The molecule has 0 atom stereocenters. The van der Waals surface area contributed by atoms with E-state index in [1.807, 2.05) is 47.2 Å². The fraction of sp³-hybridized carbons (Fsp3) is 0.217. The van der Waals surface area contributed by atoms with E-state index < -0.39 is 0 Å². The molecule has 0 saturated carbocycles. The maximum atomic E-state index is 13.1. The Balaban J connectivity index is 0.000000180. The number of H-pyrrole nitrogens is 1. The highest BCUT2D eigenvalue weighted by Crippen LogP contribution is 2.18. The van der Waals surface area contributed by atoms with E-state index in [4.69, 9.17) is 11.6 Å². The third-order valence-electron chi connectivity index (χ3n) is 9.09. The quantitative estimate of drug-likeness (QED) is 0.112. The van der Waals surface area contributed by atoms with Gasteiger partial charge in [-0.25, -0.2) is 18.7 Å². The second kappa shape index (κ2) is 25.0. The SMILES string of the molecule is CCN(CC)CC.Fc1ccc(CCc2nc(-c3ccccn3)n[nH]2)cc1.O=C(Cl)c1cccs1.O=C(c1cccs1)n1nc(-c2ccccn2)nc1CCc1ccc(F)cc1. The van der Waals surface area contributed by atoms with Crippen molar-refractivity contribution in [3.63, 3.8) is 0 Å². The van der Waals surface area contributed by atoms with Gasteiger partial charge in [-0.2, -0.15) is 9.78 Å². The number of nitrogens with zero attached hydrogens (tertiary/aromatic N) is 8. The first-order valence-electron chi connectivity index (χ1n) is 19.9. The second-order valence-corrected chi connectivity index (χ2v) is 15.4. The standard InChI is InChI=1S/C20H15FN4OS.C15H13FN4.C6H15N.C5H3ClOS/c21-15-9-6-14(7-10-15)8-11-18-23-19(16-4-1-2-12-22-16)24-25(18)20(26)17-5-3-13-27-17;16-12-7-4-11(5-8-12)6-9-14-18-15(20-19-14)13-3-1-2-10-17-13;1-4-7(5-2)6-3;6-5(7)4-2-1-3-8-4/h1-7,9-10,12-13H,8,11H2;1-5,7-8,10H,6,9H2,(H,18,19,20);4-6H2,1-3H3;1-3H. The Bertz CT molecular complexity index is 2490. The molecule has 0 aliphatic carbocycles. The summed E-state index contributed by atoms with van der Waals surface area (Å²) in [5.41, 5.74) is 3.39. The molecule has 16 heteroatoms. The first-order valence-corrected chi connectivity index (χ1v) is 22.0. The van der Waals surface area contributed by atoms with E-state index in [2.05, 4.69) is 60.9 Å². The number of hydrogen-bond acceptors (Lipinski definition) is 11. The van der Waals surface area contributed by atoms with Crippen molar-refractivity contribution in [2.75, 3.05) is 19.6 Å². The topological polar surface area (TPSA) is 135 Å². The molecule has 0 amide bonds. The Morgan fingerprint density at radius 2 is 1.18 bits per heavy atom. The fourth-order valence-corrected chi connectivity index (χ4v) is 7.07. The summed E-state index contributed by atoms with van der Waals surface area (Å²) < 4.78 is 27.2. The highest BCUT2D eigenvalue weighted by atomic mass is 35.5. The van der Waals surface area contributed by atoms with Gasteiger partial charge in [0, 0.05) is 25.2 Å². The predicted molar refractivity (Wildman–Crippen MR) is 242 cm³/mol. The summed E-state index contributed by atoms with van der Waals surface area (Å²) >= 11 is 7.83. The first-order chi connectivity index (χ1) is 30.2. The lowest BCUT2D eigenvalue weighted by molar-refractivity contribution is 0.0944. The summed E-state index contributed by atoms with van der Waals surface area (Å²) in [5, 5.41) is 14.8. The number of benzene rings is 2. The maximum Gasteiger partial charge on any atom is 0.289 e. The van der Waals surface area contributed by atoms with Crippen LogP contribution < -0.4 is 0 Å². The van der Waals surface area contributed by atoms with Crippen molar-refractivity contribution in [1.82, 2.24) is 44.8 Å². The number of aromatic amines is 1. The molecule has 6 aromatic heterocycles. The van der Waals surface area contributed by atoms with Gasteiger partial charge in [0.25, 0.3) is 11.1 Å². The van der Waals surface area contributed by atoms with Crippen LogP contribution in [-0.4, -0.2) is 75.6 Å². The number of aromatic nitrogens is 8. The zero-order valence-corrected chi connectivity index (χ0v) is 36.9. The van der Waals surface area contributed by atoms with Crippen LogP contribution in [0.2, 0.25) is 0 Å². The Morgan fingerprint density at radius 1 is 0.645 bits per heavy atom. The van der Waals surface area contributed by atoms with Crippen LogP contribution in [0.25, 0.3) is 23.0 Å². The van der Waals surface area contributed by atoms with Crippen molar-refractivity contribution < 1.29 is 18.4 Å². The van der Waals surface area contributed by atoms with E-state index in [0.29, 0.717) is 45.8 Å². The Hall–Kier alpha value is -6.13. The second-order valence-electron chi connectivity index (χ2n) is 13.2. The molecule has 62 heavy (non-hydrogen) atoms. The van der Waals surface area contributed by atoms with E-state index in [-0.39, 0.29) is 22.8 Å². The van der Waals surface area contributed by atoms with Gasteiger partial charge in [0.1, 0.15) is 34.7 Å². The van der Waals surface area contributed by atoms with E-state index in [1.54, 1.807) is 60.9 Å². The molecular formula is C46H46ClF2N9O2S2. The van der Waals surface area contributed by atoms with Crippen molar-refractivity contribution in [1.29, 1.82) is 0 Å². The molecule has 0 aliphatic heterocycles. The van der Waals surface area contributed by atoms with Gasteiger partial charge in [0.15, 0.2) is 5.82 Å². The number of aryl methyl sites for hydroxylation is 4. The van der Waals surface area contributed by atoms with Gasteiger partial charge in [-0.1, -0.05) is 69.3 Å². The molecule has 0 saturated heterocycles. The normalized spacial score (nSPS) is 10.5. The van der Waals surface area contributed by atoms with Crippen LogP contribution in [0, 0.1) is 11.6 Å². The molecule has 0 radical (unpaired) electrons. The van der Waals surface area contributed by atoms with Crippen LogP contribution in [0.4, 0.5) is 8.78 Å². The van der Waals surface area contributed by atoms with Gasteiger partial charge >= 0.3 is 0 Å². The molecule has 8 aromatic rings. The third kappa shape index (κ3) is 14.8. The van der Waals surface area contributed by atoms with Gasteiger partial charge < -0.3 is 4.90 Å². The van der Waals surface area contributed by atoms with Gasteiger partial charge in [0.2, 0.25) is 5.82 Å². The van der Waals surface area contributed by atoms with Gasteiger partial charge in [0.05, 0.1) is 9.75 Å². The molecule has 2 aromatic carbocycles. The van der Waals surface area contributed by atoms with Crippen LogP contribution in [0.15, 0.2) is 132 Å². The van der Waals surface area contributed by atoms with Gasteiger partial charge in [-0.05, 0) is 127 Å². The van der Waals surface area contributed by atoms with Crippen LogP contribution in [0.1, 0.15) is 62.9 Å². The smallest absolute Gasteiger partial charge is 0.289 e. The zero-order valence-electron chi connectivity index (χ0n) is 34.5. The lowest BCUT2D eigenvalue weighted by Gasteiger charge is -2.13. The minimum Gasteiger partial charge on any atom is -0.304 e. The first kappa shape index (κ1) is 46.9. The number of hydrogen-bond donors (Lipinski definition) is 1. The monoisotopic (exact) mass is 893 g/mol. The molecule has 1 N–H and O–H groups in total. The molecule has 0 aliphatic rings. The minimum atomic E-state index is -0.375. The van der Waals surface area contributed by atoms with Crippen molar-refractivity contribution >= 4 is 45.4 Å². The van der Waals surface area contributed by atoms with E-state index >= 15 is 0 Å². The number of halogens is 3. The average molecular weight is 895 g/mol. The molecule has 0 bridgehead atoms. The number of pyridine rings is 2. The number of carbonyl (C=O) groups excluding carboxylic acids is 2. The molecule has 11 nitrogen and oxygen atoms in total. The zero-order chi connectivity index (χ0) is 44.1. The average Bonchev–Trinajstić information content (AvgIpc) is 4.17. The number of thiophene rings is 2. The number of carbonyl (C=O) groups is 2. The summed E-state index contributed by atoms with van der Waals surface area (Å²) in [6.07, 6.45) is 6.02. The molecule has 320 valence electrons. The maximum absolute atomic E-state index is 13.1. The van der Waals surface area contributed by atoms with Crippen molar-refractivity contribution in [2.24, 2.45) is 0 Å². The minimum absolute atomic E-state index is 0.214. The molecule has 0 unspecified atom stereocenters. The lowest BCUT2D eigenvalue weighted by Crippen LogP contribution is -2.21. The highest BCUT2D eigenvalue weighted by molar-refractivity contribution is 7.14. The van der Waals surface area contributed by atoms with Crippen molar-refractivity contribution in [3.05, 3.63) is 177 Å².